The molecule has 1 heterocycles. The van der Waals surface area contributed by atoms with Gasteiger partial charge in [0, 0.05) is 23.3 Å². The first-order valence-corrected chi connectivity index (χ1v) is 7.99. The van der Waals surface area contributed by atoms with E-state index < -0.39 is 11.7 Å². The van der Waals surface area contributed by atoms with E-state index in [4.69, 9.17) is 12.6 Å². The first kappa shape index (κ1) is 17.4. The normalized spacial score (nSPS) is 13.7. The highest BCUT2D eigenvalue weighted by atomic mass is 32.1. The third-order valence-corrected chi connectivity index (χ3v) is 5.28. The Morgan fingerprint density at radius 1 is 1.27 bits per heavy atom. The van der Waals surface area contributed by atoms with Gasteiger partial charge in [-0.1, -0.05) is 18.8 Å². The highest BCUT2D eigenvalue weighted by Crippen LogP contribution is 2.41. The van der Waals surface area contributed by atoms with Crippen molar-refractivity contribution in [1.29, 1.82) is 0 Å². The number of fused-ring (bicyclic) bond motifs is 1. The minimum atomic E-state index is -4.31. The molecular weight excluding hydrogens is 308 g/mol. The smallest absolute Gasteiger partial charge is 0.385 e. The van der Waals surface area contributed by atoms with Gasteiger partial charge in [-0.25, -0.2) is 0 Å². The molecule has 1 unspecified atom stereocenters. The minimum Gasteiger partial charge on any atom is -0.385 e. The van der Waals surface area contributed by atoms with Crippen LogP contribution in [0.15, 0.2) is 18.2 Å². The Labute approximate surface area is 133 Å². The number of thiophene rings is 1. The predicted octanol–water partition coefficient (Wildman–Crippen LogP) is 5.33. The number of hydrogen-bond acceptors (Lipinski definition) is 2. The molecule has 2 aromatic rings. The maximum atomic E-state index is 12.8. The Hall–Kier alpha value is -1.01. The molecule has 0 amide bonds. The van der Waals surface area contributed by atoms with E-state index in [1.54, 1.807) is 13.2 Å². The van der Waals surface area contributed by atoms with Crippen LogP contribution in [0.2, 0.25) is 6.32 Å². The van der Waals surface area contributed by atoms with Gasteiger partial charge in [-0.2, -0.15) is 13.2 Å². The third kappa shape index (κ3) is 3.66. The molecule has 0 aliphatic rings. The molecule has 0 aliphatic heterocycles. The lowest BCUT2D eigenvalue weighted by atomic mass is 9.89. The van der Waals surface area contributed by atoms with E-state index in [0.29, 0.717) is 17.6 Å². The van der Waals surface area contributed by atoms with E-state index in [1.807, 2.05) is 6.92 Å². The minimum absolute atomic E-state index is 0.233. The number of aryl methyl sites for hydroxylation is 1. The highest BCUT2D eigenvalue weighted by molar-refractivity contribution is 7.19. The molecule has 0 N–H and O–H groups in total. The summed E-state index contributed by atoms with van der Waals surface area (Å²) in [5, 5.41) is 0.896. The van der Waals surface area contributed by atoms with Crippen molar-refractivity contribution in [2.45, 2.75) is 38.2 Å². The SMILES string of the molecule is [B]CCC(CCOC)c1sc2cc(C(F)(F)F)ccc2c1C. The Balaban J connectivity index is 2.43. The summed E-state index contributed by atoms with van der Waals surface area (Å²) in [6.07, 6.45) is -2.12. The first-order valence-electron chi connectivity index (χ1n) is 7.17. The second-order valence-electron chi connectivity index (χ2n) is 5.36. The van der Waals surface area contributed by atoms with Crippen molar-refractivity contribution in [2.24, 2.45) is 0 Å². The van der Waals surface area contributed by atoms with Gasteiger partial charge in [0.05, 0.1) is 13.4 Å². The van der Waals surface area contributed by atoms with E-state index in [-0.39, 0.29) is 5.92 Å². The molecule has 0 saturated carbocycles. The van der Waals surface area contributed by atoms with E-state index >= 15 is 0 Å². The fourth-order valence-electron chi connectivity index (χ4n) is 2.68. The van der Waals surface area contributed by atoms with E-state index in [0.717, 1.165) is 34.7 Å². The Kier molecular flexibility index (Phi) is 5.56. The van der Waals surface area contributed by atoms with Gasteiger partial charge >= 0.3 is 6.18 Å². The van der Waals surface area contributed by atoms with Crippen molar-refractivity contribution >= 4 is 29.3 Å². The highest BCUT2D eigenvalue weighted by Gasteiger charge is 2.31. The summed E-state index contributed by atoms with van der Waals surface area (Å²) in [5.41, 5.74) is 0.461. The lowest BCUT2D eigenvalue weighted by Gasteiger charge is -2.15. The molecule has 0 aliphatic carbocycles. The summed E-state index contributed by atoms with van der Waals surface area (Å²) < 4.78 is 44.3. The monoisotopic (exact) mass is 326 g/mol. The Bertz CT molecular complexity index is 636. The van der Waals surface area contributed by atoms with Gasteiger partial charge in [-0.3, -0.25) is 0 Å². The van der Waals surface area contributed by atoms with Crippen LogP contribution in [-0.4, -0.2) is 21.6 Å². The van der Waals surface area contributed by atoms with Crippen molar-refractivity contribution in [3.63, 3.8) is 0 Å². The van der Waals surface area contributed by atoms with Gasteiger partial charge in [0.1, 0.15) is 0 Å². The molecule has 6 heteroatoms. The van der Waals surface area contributed by atoms with E-state index in [1.165, 1.54) is 17.4 Å². The molecule has 1 atom stereocenters. The van der Waals surface area contributed by atoms with Crippen LogP contribution >= 0.6 is 11.3 Å². The fraction of sp³-hybridized carbons (Fsp3) is 0.500. The Morgan fingerprint density at radius 3 is 2.59 bits per heavy atom. The van der Waals surface area contributed by atoms with Crippen LogP contribution in [0.5, 0.6) is 0 Å². The maximum absolute atomic E-state index is 12.8. The molecule has 2 radical (unpaired) electrons. The third-order valence-electron chi connectivity index (χ3n) is 3.86. The van der Waals surface area contributed by atoms with Gasteiger partial charge < -0.3 is 4.74 Å². The predicted molar refractivity (Wildman–Crippen MR) is 86.0 cm³/mol. The van der Waals surface area contributed by atoms with Crippen LogP contribution in [0.3, 0.4) is 0 Å². The van der Waals surface area contributed by atoms with Crippen molar-refractivity contribution in [2.75, 3.05) is 13.7 Å². The zero-order chi connectivity index (χ0) is 16.3. The number of methoxy groups -OCH3 is 1. The summed E-state index contributed by atoms with van der Waals surface area (Å²) in [6, 6.07) is 3.97. The summed E-state index contributed by atoms with van der Waals surface area (Å²) in [6.45, 7) is 2.59. The van der Waals surface area contributed by atoms with Crippen LogP contribution in [0.1, 0.15) is 34.8 Å². The van der Waals surface area contributed by atoms with Crippen molar-refractivity contribution in [3.05, 3.63) is 34.2 Å². The number of halogens is 3. The van der Waals surface area contributed by atoms with Gasteiger partial charge in [0.15, 0.2) is 0 Å². The Morgan fingerprint density at radius 2 is 2.00 bits per heavy atom. The molecule has 0 saturated heterocycles. The van der Waals surface area contributed by atoms with Gasteiger partial charge in [-0.15, -0.1) is 11.3 Å². The molecule has 1 nitrogen and oxygen atoms in total. The lowest BCUT2D eigenvalue weighted by molar-refractivity contribution is -0.137. The van der Waals surface area contributed by atoms with Crippen molar-refractivity contribution in [1.82, 2.24) is 0 Å². The molecule has 118 valence electrons. The average molecular weight is 326 g/mol. The molecule has 22 heavy (non-hydrogen) atoms. The lowest BCUT2D eigenvalue weighted by Crippen LogP contribution is -2.03. The molecule has 0 spiro atoms. The largest absolute Gasteiger partial charge is 0.416 e. The van der Waals surface area contributed by atoms with Crippen LogP contribution < -0.4 is 0 Å². The number of rotatable bonds is 6. The van der Waals surface area contributed by atoms with Gasteiger partial charge in [0.2, 0.25) is 0 Å². The second-order valence-corrected chi connectivity index (χ2v) is 6.44. The zero-order valence-corrected chi connectivity index (χ0v) is 13.5. The standard InChI is InChI=1S/C16H18BF3OS/c1-10-13-4-3-12(16(18,19)20)9-14(13)22-15(10)11(5-7-17)6-8-21-2/h3-4,9,11H,5-8H2,1-2H3. The molecule has 1 aromatic carbocycles. The fourth-order valence-corrected chi connectivity index (χ4v) is 4.10. The van der Waals surface area contributed by atoms with Gasteiger partial charge in [-0.05, 0) is 42.3 Å². The van der Waals surface area contributed by atoms with Crippen LogP contribution in [-0.2, 0) is 10.9 Å². The number of ether oxygens (including phenoxy) is 1. The molecular formula is C16H18BF3OS. The van der Waals surface area contributed by atoms with Gasteiger partial charge in [0.25, 0.3) is 0 Å². The van der Waals surface area contributed by atoms with Crippen LogP contribution in [0.4, 0.5) is 13.2 Å². The summed E-state index contributed by atoms with van der Waals surface area (Å²) >= 11 is 1.44. The topological polar surface area (TPSA) is 9.23 Å². The number of alkyl halides is 3. The van der Waals surface area contributed by atoms with E-state index in [9.17, 15) is 13.2 Å². The summed E-state index contributed by atoms with van der Waals surface area (Å²) in [4.78, 5) is 1.12. The average Bonchev–Trinajstić information content (AvgIpc) is 2.79. The van der Waals surface area contributed by atoms with Crippen LogP contribution in [0.25, 0.3) is 10.1 Å². The van der Waals surface area contributed by atoms with Crippen molar-refractivity contribution in [3.8, 4) is 0 Å². The second kappa shape index (κ2) is 7.05. The molecule has 1 aromatic heterocycles. The number of benzene rings is 1. The van der Waals surface area contributed by atoms with E-state index in [2.05, 4.69) is 0 Å². The van der Waals surface area contributed by atoms with Crippen LogP contribution in [0, 0.1) is 6.92 Å². The summed E-state index contributed by atoms with van der Waals surface area (Å²) in [5.74, 6) is 0.233. The quantitative estimate of drug-likeness (QED) is 0.652. The first-order chi connectivity index (χ1) is 10.4. The van der Waals surface area contributed by atoms with Crippen molar-refractivity contribution < 1.29 is 17.9 Å². The molecule has 0 fully saturated rings. The summed E-state index contributed by atoms with van der Waals surface area (Å²) in [7, 11) is 7.32. The molecule has 2 rings (SSSR count). The number of hydrogen-bond donors (Lipinski definition) is 0. The maximum Gasteiger partial charge on any atom is 0.416 e. The molecule has 0 bridgehead atoms. The zero-order valence-electron chi connectivity index (χ0n) is 12.7.